The van der Waals surface area contributed by atoms with Crippen LogP contribution in [0.1, 0.15) is 30.5 Å². The van der Waals surface area contributed by atoms with E-state index in [4.69, 9.17) is 23.2 Å². The molecule has 2 nitrogen and oxygen atoms in total. The van der Waals surface area contributed by atoms with Crippen molar-refractivity contribution in [2.75, 3.05) is 5.88 Å². The van der Waals surface area contributed by atoms with Crippen LogP contribution in [0.5, 0.6) is 0 Å². The van der Waals surface area contributed by atoms with Gasteiger partial charge in [-0.15, -0.1) is 22.9 Å². The Morgan fingerprint density at radius 3 is 2.82 bits per heavy atom. The van der Waals surface area contributed by atoms with Gasteiger partial charge in [-0.1, -0.05) is 18.5 Å². The van der Waals surface area contributed by atoms with Gasteiger partial charge in [-0.05, 0) is 25.3 Å². The number of alkyl halides is 1. The molecule has 0 amide bonds. The van der Waals surface area contributed by atoms with E-state index < -0.39 is 0 Å². The molecule has 0 saturated carbocycles. The third-order valence-electron chi connectivity index (χ3n) is 2.58. The fourth-order valence-electron chi connectivity index (χ4n) is 1.64. The summed E-state index contributed by atoms with van der Waals surface area (Å²) in [6.45, 7) is 2.13. The third-order valence-corrected chi connectivity index (χ3v) is 4.30. The Labute approximate surface area is 115 Å². The third kappa shape index (κ3) is 3.09. The molecule has 0 bridgehead atoms. The molecule has 2 aromatic heterocycles. The molecular weight excluding hydrogens is 275 g/mol. The largest absolute Gasteiger partial charge is 0.222 e. The maximum absolute atomic E-state index is 6.17. The summed E-state index contributed by atoms with van der Waals surface area (Å²) in [5, 5.41) is 1.56. The van der Waals surface area contributed by atoms with Crippen LogP contribution in [0.2, 0.25) is 5.15 Å². The number of halogens is 2. The van der Waals surface area contributed by atoms with Gasteiger partial charge in [0.2, 0.25) is 0 Å². The summed E-state index contributed by atoms with van der Waals surface area (Å²) in [7, 11) is 0. The zero-order valence-electron chi connectivity index (χ0n) is 9.67. The molecule has 0 aliphatic heterocycles. The van der Waals surface area contributed by atoms with Crippen LogP contribution in [0.25, 0.3) is 10.2 Å². The summed E-state index contributed by atoms with van der Waals surface area (Å²) in [6.07, 6.45) is 3.86. The summed E-state index contributed by atoms with van der Waals surface area (Å²) in [5.41, 5.74) is 0. The maximum Gasteiger partial charge on any atom is 0.141 e. The molecule has 0 N–H and O–H groups in total. The van der Waals surface area contributed by atoms with Gasteiger partial charge in [-0.2, -0.15) is 0 Å². The molecule has 0 fully saturated rings. The van der Waals surface area contributed by atoms with Crippen molar-refractivity contribution < 1.29 is 0 Å². The van der Waals surface area contributed by atoms with E-state index in [0.717, 1.165) is 41.7 Å². The second-order valence-corrected chi connectivity index (χ2v) is 5.71. The molecule has 0 saturated heterocycles. The van der Waals surface area contributed by atoms with Gasteiger partial charge in [-0.3, -0.25) is 0 Å². The van der Waals surface area contributed by atoms with Crippen molar-refractivity contribution in [2.24, 2.45) is 0 Å². The van der Waals surface area contributed by atoms with Crippen molar-refractivity contribution in [2.45, 2.75) is 32.6 Å². The highest BCUT2D eigenvalue weighted by molar-refractivity contribution is 7.18. The van der Waals surface area contributed by atoms with Crippen LogP contribution >= 0.6 is 34.5 Å². The van der Waals surface area contributed by atoms with Gasteiger partial charge in [0.05, 0.1) is 0 Å². The van der Waals surface area contributed by atoms with Gasteiger partial charge in [0.15, 0.2) is 0 Å². The molecule has 0 aliphatic carbocycles. The summed E-state index contributed by atoms with van der Waals surface area (Å²) in [6, 6.07) is 2.09. The molecule has 0 aromatic carbocycles. The maximum atomic E-state index is 6.17. The number of aromatic nitrogens is 2. The molecule has 92 valence electrons. The zero-order valence-corrected chi connectivity index (χ0v) is 12.0. The summed E-state index contributed by atoms with van der Waals surface area (Å²) in [4.78, 5) is 11.2. The SMILES string of the molecule is CCc1cc2c(Cl)nc(CCCCCl)nc2s1. The first-order chi connectivity index (χ1) is 8.24. The van der Waals surface area contributed by atoms with Crippen LogP contribution in [0.3, 0.4) is 0 Å². The van der Waals surface area contributed by atoms with Crippen LogP contribution < -0.4 is 0 Å². The average molecular weight is 289 g/mol. The number of rotatable bonds is 5. The molecule has 0 unspecified atom stereocenters. The van der Waals surface area contributed by atoms with E-state index in [-0.39, 0.29) is 0 Å². The number of thiophene rings is 1. The quantitative estimate of drug-likeness (QED) is 0.461. The monoisotopic (exact) mass is 288 g/mol. The predicted octanol–water partition coefficient (Wildman–Crippen LogP) is 4.47. The zero-order chi connectivity index (χ0) is 12.3. The Morgan fingerprint density at radius 1 is 1.29 bits per heavy atom. The van der Waals surface area contributed by atoms with E-state index in [1.807, 2.05) is 0 Å². The molecule has 2 rings (SSSR count). The fraction of sp³-hybridized carbons (Fsp3) is 0.500. The second-order valence-electron chi connectivity index (χ2n) is 3.86. The molecule has 17 heavy (non-hydrogen) atoms. The minimum atomic E-state index is 0.576. The highest BCUT2D eigenvalue weighted by Crippen LogP contribution is 2.29. The molecular formula is C12H14Cl2N2S. The molecule has 0 atom stereocenters. The number of aryl methyl sites for hydroxylation is 2. The minimum absolute atomic E-state index is 0.576. The molecule has 0 spiro atoms. The lowest BCUT2D eigenvalue weighted by atomic mass is 10.2. The standard InChI is InChI=1S/C12H14Cl2N2S/c1-2-8-7-9-11(14)15-10(5-3-4-6-13)16-12(9)17-8/h7H,2-6H2,1H3. The lowest BCUT2D eigenvalue weighted by Crippen LogP contribution is -1.95. The first-order valence-electron chi connectivity index (χ1n) is 5.75. The first kappa shape index (κ1) is 13.1. The smallest absolute Gasteiger partial charge is 0.141 e. The van der Waals surface area contributed by atoms with E-state index in [1.165, 1.54) is 4.88 Å². The van der Waals surface area contributed by atoms with Gasteiger partial charge >= 0.3 is 0 Å². The van der Waals surface area contributed by atoms with Gasteiger partial charge < -0.3 is 0 Å². The lowest BCUT2D eigenvalue weighted by molar-refractivity contribution is 0.761. The predicted molar refractivity (Wildman–Crippen MR) is 75.5 cm³/mol. The average Bonchev–Trinajstić information content (AvgIpc) is 2.73. The second kappa shape index (κ2) is 5.98. The Bertz CT molecular complexity index is 510. The number of nitrogens with zero attached hydrogens (tertiary/aromatic N) is 2. The van der Waals surface area contributed by atoms with Crippen molar-refractivity contribution in [1.29, 1.82) is 0 Å². The number of fused-ring (bicyclic) bond motifs is 1. The Hall–Kier alpha value is -0.380. The van der Waals surface area contributed by atoms with E-state index in [0.29, 0.717) is 11.0 Å². The molecule has 5 heteroatoms. The van der Waals surface area contributed by atoms with Crippen molar-refractivity contribution >= 4 is 44.8 Å². The van der Waals surface area contributed by atoms with E-state index in [2.05, 4.69) is 23.0 Å². The number of hydrogen-bond acceptors (Lipinski definition) is 3. The molecule has 0 radical (unpaired) electrons. The molecule has 2 heterocycles. The highest BCUT2D eigenvalue weighted by atomic mass is 35.5. The van der Waals surface area contributed by atoms with Crippen LogP contribution in [0, 0.1) is 0 Å². The van der Waals surface area contributed by atoms with E-state index >= 15 is 0 Å². The van der Waals surface area contributed by atoms with Crippen LogP contribution in [-0.4, -0.2) is 15.8 Å². The minimum Gasteiger partial charge on any atom is -0.222 e. The number of unbranched alkanes of at least 4 members (excludes halogenated alkanes) is 1. The molecule has 2 aromatic rings. The lowest BCUT2D eigenvalue weighted by Gasteiger charge is -2.00. The van der Waals surface area contributed by atoms with Crippen molar-refractivity contribution in [3.8, 4) is 0 Å². The Kier molecular flexibility index (Phi) is 4.60. The van der Waals surface area contributed by atoms with Crippen LogP contribution in [0.15, 0.2) is 6.07 Å². The van der Waals surface area contributed by atoms with Crippen molar-refractivity contribution in [1.82, 2.24) is 9.97 Å². The van der Waals surface area contributed by atoms with E-state index in [1.54, 1.807) is 11.3 Å². The highest BCUT2D eigenvalue weighted by Gasteiger charge is 2.09. The normalized spacial score (nSPS) is 11.2. The topological polar surface area (TPSA) is 25.8 Å². The fourth-order valence-corrected chi connectivity index (χ4v) is 3.11. The van der Waals surface area contributed by atoms with Crippen molar-refractivity contribution in [3.63, 3.8) is 0 Å². The summed E-state index contributed by atoms with van der Waals surface area (Å²) >= 11 is 13.5. The van der Waals surface area contributed by atoms with Gasteiger partial charge in [-0.25, -0.2) is 9.97 Å². The summed E-state index contributed by atoms with van der Waals surface area (Å²) in [5.74, 6) is 1.52. The van der Waals surface area contributed by atoms with Gasteiger partial charge in [0.1, 0.15) is 15.8 Å². The van der Waals surface area contributed by atoms with Crippen molar-refractivity contribution in [3.05, 3.63) is 21.9 Å². The number of hydrogen-bond donors (Lipinski definition) is 0. The first-order valence-corrected chi connectivity index (χ1v) is 7.48. The van der Waals surface area contributed by atoms with Crippen LogP contribution in [0.4, 0.5) is 0 Å². The van der Waals surface area contributed by atoms with Gasteiger partial charge in [0, 0.05) is 22.6 Å². The van der Waals surface area contributed by atoms with E-state index in [9.17, 15) is 0 Å². The summed E-state index contributed by atoms with van der Waals surface area (Å²) < 4.78 is 0. The molecule has 0 aliphatic rings. The van der Waals surface area contributed by atoms with Gasteiger partial charge in [0.25, 0.3) is 0 Å². The Balaban J connectivity index is 2.27. The Morgan fingerprint density at radius 2 is 2.12 bits per heavy atom. The van der Waals surface area contributed by atoms with Crippen LogP contribution in [-0.2, 0) is 12.8 Å².